The molecule has 1 aromatic heterocycles. The number of hydrogen-bond donors (Lipinski definition) is 2. The molecule has 2 aromatic carbocycles. The second kappa shape index (κ2) is 14.1. The van der Waals surface area contributed by atoms with Crippen LogP contribution in [0.2, 0.25) is 5.02 Å². The Balaban J connectivity index is 1.41. The molecule has 9 nitrogen and oxygen atoms in total. The van der Waals surface area contributed by atoms with E-state index >= 15 is 0 Å². The van der Waals surface area contributed by atoms with Crippen molar-refractivity contribution in [2.45, 2.75) is 55.9 Å². The summed E-state index contributed by atoms with van der Waals surface area (Å²) in [7, 11) is -1.84. The molecule has 1 aliphatic rings. The number of carbonyl (C=O) groups excluding carboxylic acids is 2. The van der Waals surface area contributed by atoms with Crippen molar-refractivity contribution in [2.75, 3.05) is 31.8 Å². The first kappa shape index (κ1) is 30.7. The topological polar surface area (TPSA) is 119 Å². The summed E-state index contributed by atoms with van der Waals surface area (Å²) in [6.07, 6.45) is 8.76. The van der Waals surface area contributed by atoms with E-state index in [2.05, 4.69) is 15.7 Å². The normalized spacial score (nSPS) is 14.6. The zero-order chi connectivity index (χ0) is 29.4. The molecular weight excluding hydrogens is 564 g/mol. The van der Waals surface area contributed by atoms with Crippen molar-refractivity contribution in [3.05, 3.63) is 76.4 Å². The molecule has 1 saturated carbocycles. The van der Waals surface area contributed by atoms with Gasteiger partial charge in [-0.05, 0) is 54.2 Å². The van der Waals surface area contributed by atoms with E-state index in [0.29, 0.717) is 49.0 Å². The Morgan fingerprint density at radius 3 is 2.51 bits per heavy atom. The monoisotopic (exact) mass is 600 g/mol. The van der Waals surface area contributed by atoms with Crippen LogP contribution < -0.4 is 10.6 Å². The number of aromatic nitrogens is 2. The van der Waals surface area contributed by atoms with Gasteiger partial charge in [0.1, 0.15) is 0 Å². The van der Waals surface area contributed by atoms with Gasteiger partial charge in [0.2, 0.25) is 5.91 Å². The number of halogens is 1. The van der Waals surface area contributed by atoms with Crippen LogP contribution >= 0.6 is 11.6 Å². The molecule has 1 fully saturated rings. The minimum absolute atomic E-state index is 0.0532. The largest absolute Gasteiger partial charge is 0.385 e. The molecule has 1 aliphatic carbocycles. The summed E-state index contributed by atoms with van der Waals surface area (Å²) in [4.78, 5) is 25.8. The number of nitrogens with zero attached hydrogens (tertiary/aromatic N) is 2. The summed E-state index contributed by atoms with van der Waals surface area (Å²) in [6.45, 7) is 1.62. The molecule has 220 valence electrons. The summed E-state index contributed by atoms with van der Waals surface area (Å²) in [5.74, 6) is 0.0364. The van der Waals surface area contributed by atoms with Crippen molar-refractivity contribution < 1.29 is 22.7 Å². The number of anilines is 1. The molecule has 4 rings (SSSR count). The van der Waals surface area contributed by atoms with Crippen LogP contribution in [0.15, 0.2) is 59.6 Å². The lowest BCUT2D eigenvalue weighted by atomic mass is 9.87. The lowest BCUT2D eigenvalue weighted by molar-refractivity contribution is -0.118. The molecule has 0 unspecified atom stereocenters. The molecule has 3 aromatic rings. The molecule has 0 aliphatic heterocycles. The predicted octanol–water partition coefficient (Wildman–Crippen LogP) is 5.06. The van der Waals surface area contributed by atoms with Crippen LogP contribution in [0.25, 0.3) is 0 Å². The average molecular weight is 601 g/mol. The molecule has 11 heteroatoms. The molecule has 0 spiro atoms. The van der Waals surface area contributed by atoms with Gasteiger partial charge in [0.25, 0.3) is 5.91 Å². The highest BCUT2D eigenvalue weighted by atomic mass is 35.5. The highest BCUT2D eigenvalue weighted by Gasteiger charge is 2.28. The highest BCUT2D eigenvalue weighted by Crippen LogP contribution is 2.36. The van der Waals surface area contributed by atoms with Gasteiger partial charge in [0.05, 0.1) is 22.4 Å². The third-order valence-corrected chi connectivity index (χ3v) is 8.96. The van der Waals surface area contributed by atoms with Crippen molar-refractivity contribution in [2.24, 2.45) is 5.92 Å². The fourth-order valence-electron chi connectivity index (χ4n) is 5.21. The first-order chi connectivity index (χ1) is 19.6. The number of methoxy groups -OCH3 is 1. The molecule has 2 N–H and O–H groups in total. The molecular formula is C30H37ClN4O5S. The number of nitrogens with one attached hydrogen (secondary N) is 2. The Kier molecular flexibility index (Phi) is 10.6. The summed E-state index contributed by atoms with van der Waals surface area (Å²) in [5, 5.41) is 10.5. The molecule has 0 bridgehead atoms. The van der Waals surface area contributed by atoms with E-state index in [4.69, 9.17) is 16.3 Å². The van der Waals surface area contributed by atoms with Crippen molar-refractivity contribution >= 4 is 39.1 Å². The van der Waals surface area contributed by atoms with Crippen LogP contribution in [0.3, 0.4) is 0 Å². The van der Waals surface area contributed by atoms with Crippen molar-refractivity contribution in [3.63, 3.8) is 0 Å². The van der Waals surface area contributed by atoms with Gasteiger partial charge < -0.3 is 15.4 Å². The number of benzene rings is 2. The fourth-order valence-corrected chi connectivity index (χ4v) is 6.55. The molecule has 0 saturated heterocycles. The molecule has 41 heavy (non-hydrogen) atoms. The lowest BCUT2D eigenvalue weighted by Gasteiger charge is -2.21. The van der Waals surface area contributed by atoms with Gasteiger partial charge in [0.15, 0.2) is 15.7 Å². The van der Waals surface area contributed by atoms with Crippen LogP contribution in [0.5, 0.6) is 0 Å². The Morgan fingerprint density at radius 1 is 1.12 bits per heavy atom. The standard InChI is InChI=1S/C30H37ClN4O5S/c1-40-17-5-15-32-29(36)23-10-8-22(9-11-23)20-35-16-14-28(34-35)33-30(37)25(18-21-6-3-4-7-21)24-12-13-27(26(31)19-24)41(2,38)39/h8-14,16,19,21,25H,3-7,15,17-18,20H2,1-2H3,(H,32,36)(H,33,34,37)/t25-/m1/s1. The minimum atomic E-state index is -3.47. The first-order valence-corrected chi connectivity index (χ1v) is 16.1. The van der Waals surface area contributed by atoms with Gasteiger partial charge in [-0.15, -0.1) is 0 Å². The Labute approximate surface area is 246 Å². The van der Waals surface area contributed by atoms with Gasteiger partial charge in [-0.3, -0.25) is 14.3 Å². The molecule has 1 atom stereocenters. The van der Waals surface area contributed by atoms with Crippen LogP contribution in [-0.2, 0) is 25.9 Å². The average Bonchev–Trinajstić information content (AvgIpc) is 3.61. The third-order valence-electron chi connectivity index (χ3n) is 7.38. The number of rotatable bonds is 13. The maximum absolute atomic E-state index is 13.5. The van der Waals surface area contributed by atoms with E-state index in [9.17, 15) is 18.0 Å². The summed E-state index contributed by atoms with van der Waals surface area (Å²) in [5.41, 5.74) is 2.23. The van der Waals surface area contributed by atoms with Crippen LogP contribution in [-0.4, -0.2) is 56.5 Å². The molecule has 1 heterocycles. The second-order valence-corrected chi connectivity index (χ2v) is 13.0. The van der Waals surface area contributed by atoms with E-state index in [0.717, 1.165) is 43.9 Å². The van der Waals surface area contributed by atoms with E-state index in [-0.39, 0.29) is 21.7 Å². The van der Waals surface area contributed by atoms with Crippen LogP contribution in [0.4, 0.5) is 5.82 Å². The quantitative estimate of drug-likeness (QED) is 0.265. The van der Waals surface area contributed by atoms with Gasteiger partial charge in [-0.25, -0.2) is 8.42 Å². The summed E-state index contributed by atoms with van der Waals surface area (Å²) < 4.78 is 30.8. The van der Waals surface area contributed by atoms with Gasteiger partial charge in [0, 0.05) is 44.3 Å². The third kappa shape index (κ3) is 8.64. The van der Waals surface area contributed by atoms with Crippen molar-refractivity contribution in [1.29, 1.82) is 0 Å². The molecule has 0 radical (unpaired) electrons. The zero-order valence-electron chi connectivity index (χ0n) is 23.4. The SMILES string of the molecule is COCCCNC(=O)c1ccc(Cn2ccc(NC(=O)[C@H](CC3CCCC3)c3ccc(S(C)(=O)=O)c(Cl)c3)n2)cc1. The van der Waals surface area contributed by atoms with E-state index in [1.165, 1.54) is 6.07 Å². The fraction of sp³-hybridized carbons (Fsp3) is 0.433. The van der Waals surface area contributed by atoms with E-state index in [1.54, 1.807) is 48.3 Å². The number of hydrogen-bond acceptors (Lipinski definition) is 6. The maximum atomic E-state index is 13.5. The number of carbonyl (C=O) groups is 2. The predicted molar refractivity (Wildman–Crippen MR) is 159 cm³/mol. The minimum Gasteiger partial charge on any atom is -0.385 e. The number of amides is 2. The Bertz CT molecular complexity index is 1450. The maximum Gasteiger partial charge on any atom is 0.251 e. The van der Waals surface area contributed by atoms with Gasteiger partial charge in [-0.2, -0.15) is 5.10 Å². The van der Waals surface area contributed by atoms with E-state index < -0.39 is 15.8 Å². The zero-order valence-corrected chi connectivity index (χ0v) is 25.0. The summed E-state index contributed by atoms with van der Waals surface area (Å²) in [6, 6.07) is 13.8. The highest BCUT2D eigenvalue weighted by molar-refractivity contribution is 7.90. The summed E-state index contributed by atoms with van der Waals surface area (Å²) >= 11 is 6.33. The van der Waals surface area contributed by atoms with Crippen LogP contribution in [0, 0.1) is 5.92 Å². The first-order valence-electron chi connectivity index (χ1n) is 13.8. The van der Waals surface area contributed by atoms with Crippen molar-refractivity contribution in [1.82, 2.24) is 15.1 Å². The van der Waals surface area contributed by atoms with Gasteiger partial charge >= 0.3 is 0 Å². The molecule has 2 amide bonds. The van der Waals surface area contributed by atoms with Crippen molar-refractivity contribution in [3.8, 4) is 0 Å². The number of sulfone groups is 1. The van der Waals surface area contributed by atoms with E-state index in [1.807, 2.05) is 12.1 Å². The van der Waals surface area contributed by atoms with Gasteiger partial charge in [-0.1, -0.05) is 55.5 Å². The smallest absolute Gasteiger partial charge is 0.251 e. The Hall–Kier alpha value is -3.21. The number of ether oxygens (including phenoxy) is 1. The lowest BCUT2D eigenvalue weighted by Crippen LogP contribution is -2.25. The second-order valence-electron chi connectivity index (χ2n) is 10.6. The van der Waals surface area contributed by atoms with Crippen LogP contribution in [0.1, 0.15) is 65.9 Å². The Morgan fingerprint density at radius 2 is 1.85 bits per heavy atom.